The molecule has 0 aliphatic heterocycles. The van der Waals surface area contributed by atoms with E-state index < -0.39 is 5.54 Å². The van der Waals surface area contributed by atoms with Crippen LogP contribution in [0.25, 0.3) is 0 Å². The van der Waals surface area contributed by atoms with E-state index in [1.807, 2.05) is 0 Å². The van der Waals surface area contributed by atoms with Gasteiger partial charge >= 0.3 is 0 Å². The molecule has 0 aromatic rings. The third kappa shape index (κ3) is 1.28. The fourth-order valence-corrected chi connectivity index (χ4v) is 1.44. The molecule has 1 saturated carbocycles. The molecule has 3 N–H and O–H groups in total. The van der Waals surface area contributed by atoms with E-state index in [9.17, 15) is 0 Å². The van der Waals surface area contributed by atoms with Crippen LogP contribution in [0.15, 0.2) is 0 Å². The van der Waals surface area contributed by atoms with Crippen LogP contribution in [-0.4, -0.2) is 5.54 Å². The van der Waals surface area contributed by atoms with Gasteiger partial charge in [0, 0.05) is 0 Å². The Labute approximate surface area is 61.2 Å². The van der Waals surface area contributed by atoms with Crippen LogP contribution in [0.2, 0.25) is 0 Å². The maximum Gasteiger partial charge on any atom is 0.118 e. The van der Waals surface area contributed by atoms with Gasteiger partial charge in [-0.25, -0.2) is 5.43 Å². The van der Waals surface area contributed by atoms with Crippen molar-refractivity contribution < 1.29 is 0 Å². The summed E-state index contributed by atoms with van der Waals surface area (Å²) in [6.07, 6.45) is 5.29. The molecule has 0 spiro atoms. The number of hydrogen-bond acceptors (Lipinski definition) is 3. The molecule has 0 amide bonds. The SMILES string of the molecule is N#CC1(NN)CCCCC1. The summed E-state index contributed by atoms with van der Waals surface area (Å²) in [4.78, 5) is 0. The molecule has 1 aliphatic carbocycles. The van der Waals surface area contributed by atoms with Gasteiger partial charge in [-0.05, 0) is 12.8 Å². The summed E-state index contributed by atoms with van der Waals surface area (Å²) < 4.78 is 0. The number of hydrazine groups is 1. The number of hydrogen-bond donors (Lipinski definition) is 2. The summed E-state index contributed by atoms with van der Waals surface area (Å²) >= 11 is 0. The van der Waals surface area contributed by atoms with Crippen LogP contribution in [-0.2, 0) is 0 Å². The predicted octanol–water partition coefficient (Wildman–Crippen LogP) is 0.676. The van der Waals surface area contributed by atoms with Crippen LogP contribution in [0.3, 0.4) is 0 Å². The second-order valence-electron chi connectivity index (χ2n) is 2.90. The Morgan fingerprint density at radius 3 is 2.20 bits per heavy atom. The molecule has 3 heteroatoms. The van der Waals surface area contributed by atoms with Gasteiger partial charge in [-0.1, -0.05) is 19.3 Å². The second kappa shape index (κ2) is 3.00. The first-order chi connectivity index (χ1) is 4.83. The highest BCUT2D eigenvalue weighted by Crippen LogP contribution is 2.26. The lowest BCUT2D eigenvalue weighted by atomic mass is 9.83. The maximum absolute atomic E-state index is 8.75. The summed E-state index contributed by atoms with van der Waals surface area (Å²) in [7, 11) is 0. The number of nitriles is 1. The molecule has 0 saturated heterocycles. The number of nitrogens with one attached hydrogen (secondary N) is 1. The Bertz CT molecular complexity index is 141. The summed E-state index contributed by atoms with van der Waals surface area (Å²) in [5.41, 5.74) is 2.20. The number of nitrogens with two attached hydrogens (primary N) is 1. The molecular weight excluding hydrogens is 126 g/mol. The molecule has 1 fully saturated rings. The predicted molar refractivity (Wildman–Crippen MR) is 38.8 cm³/mol. The minimum absolute atomic E-state index is 0.405. The zero-order valence-corrected chi connectivity index (χ0v) is 6.06. The van der Waals surface area contributed by atoms with E-state index in [4.69, 9.17) is 11.1 Å². The van der Waals surface area contributed by atoms with Crippen LogP contribution in [0.4, 0.5) is 0 Å². The Kier molecular flexibility index (Phi) is 2.25. The first-order valence-electron chi connectivity index (χ1n) is 3.72. The fraction of sp³-hybridized carbons (Fsp3) is 0.857. The molecule has 1 aliphatic rings. The molecule has 0 aromatic carbocycles. The zero-order chi connectivity index (χ0) is 7.45. The lowest BCUT2D eigenvalue weighted by Crippen LogP contribution is -2.49. The topological polar surface area (TPSA) is 61.8 Å². The van der Waals surface area contributed by atoms with Crippen molar-refractivity contribution in [1.82, 2.24) is 5.43 Å². The van der Waals surface area contributed by atoms with Gasteiger partial charge in [0.05, 0.1) is 6.07 Å². The molecule has 1 rings (SSSR count). The van der Waals surface area contributed by atoms with Gasteiger partial charge in [0.2, 0.25) is 0 Å². The van der Waals surface area contributed by atoms with Gasteiger partial charge in [0.1, 0.15) is 5.54 Å². The average Bonchev–Trinajstić information content (AvgIpc) is 2.06. The molecule has 0 heterocycles. The van der Waals surface area contributed by atoms with Crippen LogP contribution >= 0.6 is 0 Å². The quantitative estimate of drug-likeness (QED) is 0.414. The summed E-state index contributed by atoms with van der Waals surface area (Å²) in [5, 5.41) is 8.75. The van der Waals surface area contributed by atoms with Gasteiger partial charge in [-0.2, -0.15) is 5.26 Å². The Morgan fingerprint density at radius 2 is 1.90 bits per heavy atom. The highest BCUT2D eigenvalue weighted by atomic mass is 15.3. The van der Waals surface area contributed by atoms with Crippen LogP contribution in [0.5, 0.6) is 0 Å². The lowest BCUT2D eigenvalue weighted by Gasteiger charge is -2.29. The Morgan fingerprint density at radius 1 is 1.30 bits per heavy atom. The van der Waals surface area contributed by atoms with E-state index in [1.165, 1.54) is 6.42 Å². The van der Waals surface area contributed by atoms with Gasteiger partial charge in [0.25, 0.3) is 0 Å². The average molecular weight is 139 g/mol. The molecule has 3 nitrogen and oxygen atoms in total. The minimum atomic E-state index is -0.405. The van der Waals surface area contributed by atoms with Crippen molar-refractivity contribution in [3.05, 3.63) is 0 Å². The van der Waals surface area contributed by atoms with Crippen molar-refractivity contribution in [3.8, 4) is 6.07 Å². The zero-order valence-electron chi connectivity index (χ0n) is 6.06. The van der Waals surface area contributed by atoms with E-state index in [-0.39, 0.29) is 0 Å². The van der Waals surface area contributed by atoms with Gasteiger partial charge < -0.3 is 0 Å². The molecule has 0 bridgehead atoms. The Balaban J connectivity index is 2.55. The smallest absolute Gasteiger partial charge is 0.118 e. The van der Waals surface area contributed by atoms with Crippen LogP contribution in [0, 0.1) is 11.3 Å². The van der Waals surface area contributed by atoms with Crippen molar-refractivity contribution in [2.24, 2.45) is 5.84 Å². The van der Waals surface area contributed by atoms with Gasteiger partial charge in [-0.15, -0.1) is 0 Å². The van der Waals surface area contributed by atoms with Crippen molar-refractivity contribution in [3.63, 3.8) is 0 Å². The third-order valence-corrected chi connectivity index (χ3v) is 2.20. The summed E-state index contributed by atoms with van der Waals surface area (Å²) in [6.45, 7) is 0. The highest BCUT2D eigenvalue weighted by molar-refractivity contribution is 5.06. The molecule has 56 valence electrons. The van der Waals surface area contributed by atoms with E-state index in [2.05, 4.69) is 11.5 Å². The monoisotopic (exact) mass is 139 g/mol. The third-order valence-electron chi connectivity index (χ3n) is 2.20. The maximum atomic E-state index is 8.75. The fourth-order valence-electron chi connectivity index (χ4n) is 1.44. The second-order valence-corrected chi connectivity index (χ2v) is 2.90. The van der Waals surface area contributed by atoms with E-state index >= 15 is 0 Å². The molecule has 0 atom stereocenters. The Hall–Kier alpha value is -0.590. The summed E-state index contributed by atoms with van der Waals surface area (Å²) in [6, 6.07) is 2.23. The largest absolute Gasteiger partial charge is 0.270 e. The van der Waals surface area contributed by atoms with Crippen LogP contribution in [0.1, 0.15) is 32.1 Å². The number of rotatable bonds is 1. The van der Waals surface area contributed by atoms with Crippen molar-refractivity contribution in [2.45, 2.75) is 37.6 Å². The first kappa shape index (κ1) is 7.52. The first-order valence-corrected chi connectivity index (χ1v) is 3.72. The molecule has 0 unspecified atom stereocenters. The van der Waals surface area contributed by atoms with E-state index in [1.54, 1.807) is 0 Å². The molecular formula is C7H13N3. The summed E-state index contributed by atoms with van der Waals surface area (Å²) in [5.74, 6) is 5.28. The molecule has 0 aromatic heterocycles. The normalized spacial score (nSPS) is 23.6. The molecule has 0 radical (unpaired) electrons. The van der Waals surface area contributed by atoms with Crippen molar-refractivity contribution in [2.75, 3.05) is 0 Å². The van der Waals surface area contributed by atoms with Crippen molar-refractivity contribution in [1.29, 1.82) is 5.26 Å². The van der Waals surface area contributed by atoms with E-state index in [0.29, 0.717) is 0 Å². The number of nitrogens with zero attached hydrogens (tertiary/aromatic N) is 1. The minimum Gasteiger partial charge on any atom is -0.270 e. The van der Waals surface area contributed by atoms with E-state index in [0.717, 1.165) is 25.7 Å². The lowest BCUT2D eigenvalue weighted by molar-refractivity contribution is 0.302. The van der Waals surface area contributed by atoms with Crippen molar-refractivity contribution >= 4 is 0 Å². The standard InChI is InChI=1S/C7H13N3/c8-6-7(10-9)4-2-1-3-5-7/h10H,1-5,9H2. The molecule has 10 heavy (non-hydrogen) atoms. The van der Waals surface area contributed by atoms with Gasteiger partial charge in [-0.3, -0.25) is 5.84 Å². The van der Waals surface area contributed by atoms with Gasteiger partial charge in [0.15, 0.2) is 0 Å². The van der Waals surface area contributed by atoms with Crippen LogP contribution < -0.4 is 11.3 Å². The highest BCUT2D eigenvalue weighted by Gasteiger charge is 2.29.